The number of hydrogen-bond acceptors (Lipinski definition) is 5. The lowest BCUT2D eigenvalue weighted by Gasteiger charge is -2.30. The third kappa shape index (κ3) is 3.82. The van der Waals surface area contributed by atoms with Crippen molar-refractivity contribution in [2.75, 3.05) is 13.3 Å². The number of nitrogens with zero attached hydrogens (tertiary/aromatic N) is 2. The lowest BCUT2D eigenvalue weighted by atomic mass is 10.00. The van der Waals surface area contributed by atoms with Crippen molar-refractivity contribution in [3.63, 3.8) is 0 Å². The Hall–Kier alpha value is -3.15. The Bertz CT molecular complexity index is 1190. The molecule has 31 heavy (non-hydrogen) atoms. The molecule has 1 aromatic heterocycles. The second-order valence-corrected chi connectivity index (χ2v) is 8.14. The quantitative estimate of drug-likeness (QED) is 0.540. The number of fused-ring (bicyclic) bond motifs is 2. The monoisotopic (exact) mass is 432 g/mol. The molecule has 2 aliphatic heterocycles. The van der Waals surface area contributed by atoms with Crippen LogP contribution in [0.3, 0.4) is 0 Å². The maximum absolute atomic E-state index is 13.0. The largest absolute Gasteiger partial charge is 0.477 e. The summed E-state index contributed by atoms with van der Waals surface area (Å²) in [5, 5.41) is 0.782. The molecule has 2 aromatic carbocycles. The molecule has 3 heterocycles. The molecular formula is C25H21ClN2O3. The van der Waals surface area contributed by atoms with Crippen LogP contribution in [0, 0.1) is 6.92 Å². The molecule has 6 heteroatoms. The van der Waals surface area contributed by atoms with Crippen molar-refractivity contribution in [2.45, 2.75) is 19.9 Å². The van der Waals surface area contributed by atoms with Gasteiger partial charge in [0.1, 0.15) is 18.2 Å². The van der Waals surface area contributed by atoms with Crippen LogP contribution in [-0.2, 0) is 13.0 Å². The van der Waals surface area contributed by atoms with Crippen molar-refractivity contribution >= 4 is 23.5 Å². The van der Waals surface area contributed by atoms with Gasteiger partial charge in [-0.15, -0.1) is 0 Å². The zero-order chi connectivity index (χ0) is 21.4. The van der Waals surface area contributed by atoms with Crippen molar-refractivity contribution in [1.82, 2.24) is 9.88 Å². The van der Waals surface area contributed by atoms with Crippen molar-refractivity contribution < 1.29 is 14.3 Å². The number of Topliss-reactive ketones (excluding diaryl/α,β-unsaturated/α-hetero) is 1. The molecule has 0 N–H and O–H groups in total. The average Bonchev–Trinajstić information content (AvgIpc) is 3.09. The number of ketones is 1. The summed E-state index contributed by atoms with van der Waals surface area (Å²) in [6.45, 7) is 3.95. The Morgan fingerprint density at radius 1 is 1.16 bits per heavy atom. The third-order valence-electron chi connectivity index (χ3n) is 5.62. The van der Waals surface area contributed by atoms with E-state index in [1.165, 1.54) is 0 Å². The fourth-order valence-corrected chi connectivity index (χ4v) is 4.25. The standard InChI is InChI=1S/C25H21ClN2O3/c1-16-24-18(14-28(15-30-24)11-9-17-6-2-3-8-21(17)26)12-20-23(29)22(31-25(16)20)13-19-7-4-5-10-27-19/h2-8,10,12-13H,9,11,14-15H2,1H3/b22-13-. The molecule has 5 rings (SSSR count). The maximum atomic E-state index is 13.0. The first-order chi connectivity index (χ1) is 15.1. The molecular weight excluding hydrogens is 412 g/mol. The van der Waals surface area contributed by atoms with E-state index in [-0.39, 0.29) is 11.5 Å². The molecule has 0 bridgehead atoms. The fraction of sp³-hybridized carbons (Fsp3) is 0.200. The lowest BCUT2D eigenvalue weighted by Crippen LogP contribution is -2.34. The third-order valence-corrected chi connectivity index (χ3v) is 5.99. The topological polar surface area (TPSA) is 51.7 Å². The number of allylic oxidation sites excluding steroid dienone is 1. The Labute approximate surface area is 185 Å². The molecule has 3 aromatic rings. The fourth-order valence-electron chi connectivity index (χ4n) is 4.02. The Morgan fingerprint density at radius 3 is 2.81 bits per heavy atom. The number of aromatic nitrogens is 1. The van der Waals surface area contributed by atoms with E-state index in [1.807, 2.05) is 55.5 Å². The maximum Gasteiger partial charge on any atom is 0.232 e. The highest BCUT2D eigenvalue weighted by molar-refractivity contribution is 6.31. The lowest BCUT2D eigenvalue weighted by molar-refractivity contribution is 0.0954. The number of carbonyl (C=O) groups is 1. The van der Waals surface area contributed by atoms with Crippen molar-refractivity contribution in [1.29, 1.82) is 0 Å². The van der Waals surface area contributed by atoms with Gasteiger partial charge in [-0.1, -0.05) is 35.9 Å². The summed E-state index contributed by atoms with van der Waals surface area (Å²) in [7, 11) is 0. The molecule has 0 unspecified atom stereocenters. The Balaban J connectivity index is 1.37. The SMILES string of the molecule is Cc1c2c(cc3c1O/C(=C\c1ccccn1)C3=O)CN(CCc1ccccc1Cl)CO2. The Kier molecular flexibility index (Phi) is 5.22. The molecule has 0 saturated carbocycles. The minimum atomic E-state index is -0.125. The zero-order valence-corrected chi connectivity index (χ0v) is 17.9. The van der Waals surface area contributed by atoms with Gasteiger partial charge in [0, 0.05) is 41.5 Å². The van der Waals surface area contributed by atoms with E-state index in [0.717, 1.165) is 40.4 Å². The first-order valence-electron chi connectivity index (χ1n) is 10.2. The van der Waals surface area contributed by atoms with Crippen molar-refractivity contribution in [3.05, 3.63) is 93.5 Å². The second-order valence-electron chi connectivity index (χ2n) is 7.73. The van der Waals surface area contributed by atoms with E-state index in [2.05, 4.69) is 9.88 Å². The van der Waals surface area contributed by atoms with Gasteiger partial charge in [0.05, 0.1) is 11.3 Å². The molecule has 0 saturated heterocycles. The van der Waals surface area contributed by atoms with Gasteiger partial charge in [-0.2, -0.15) is 0 Å². The smallest absolute Gasteiger partial charge is 0.232 e. The highest BCUT2D eigenvalue weighted by Gasteiger charge is 2.33. The molecule has 0 radical (unpaired) electrons. The van der Waals surface area contributed by atoms with Crippen LogP contribution in [0.4, 0.5) is 0 Å². The van der Waals surface area contributed by atoms with Gasteiger partial charge in [0.25, 0.3) is 0 Å². The van der Waals surface area contributed by atoms with Crippen LogP contribution in [0.15, 0.2) is 60.5 Å². The highest BCUT2D eigenvalue weighted by Crippen LogP contribution is 2.43. The summed E-state index contributed by atoms with van der Waals surface area (Å²) in [4.78, 5) is 19.4. The summed E-state index contributed by atoms with van der Waals surface area (Å²) in [5.74, 6) is 1.55. The summed E-state index contributed by atoms with van der Waals surface area (Å²) in [6, 6.07) is 15.3. The normalized spacial score (nSPS) is 16.6. The predicted molar refractivity (Wildman–Crippen MR) is 119 cm³/mol. The molecule has 5 nitrogen and oxygen atoms in total. The number of hydrogen-bond donors (Lipinski definition) is 0. The van der Waals surface area contributed by atoms with Crippen LogP contribution in [0.2, 0.25) is 5.02 Å². The highest BCUT2D eigenvalue weighted by atomic mass is 35.5. The molecule has 0 spiro atoms. The number of halogens is 1. The number of pyridine rings is 1. The van der Waals surface area contributed by atoms with Gasteiger partial charge < -0.3 is 9.47 Å². The van der Waals surface area contributed by atoms with E-state index < -0.39 is 0 Å². The van der Waals surface area contributed by atoms with Gasteiger partial charge in [-0.05, 0) is 43.2 Å². The minimum Gasteiger partial charge on any atom is -0.477 e. The van der Waals surface area contributed by atoms with Crippen LogP contribution in [-0.4, -0.2) is 28.9 Å². The molecule has 0 atom stereocenters. The number of benzene rings is 2. The minimum absolute atomic E-state index is 0.125. The molecule has 0 aliphatic carbocycles. The average molecular weight is 433 g/mol. The molecule has 0 fully saturated rings. The van der Waals surface area contributed by atoms with E-state index in [1.54, 1.807) is 12.3 Å². The van der Waals surface area contributed by atoms with Crippen LogP contribution >= 0.6 is 11.6 Å². The molecule has 0 amide bonds. The predicted octanol–water partition coefficient (Wildman–Crippen LogP) is 5.05. The van der Waals surface area contributed by atoms with Crippen molar-refractivity contribution in [3.8, 4) is 11.5 Å². The van der Waals surface area contributed by atoms with Crippen LogP contribution < -0.4 is 9.47 Å². The van der Waals surface area contributed by atoms with E-state index in [0.29, 0.717) is 30.3 Å². The van der Waals surface area contributed by atoms with Crippen LogP contribution in [0.25, 0.3) is 6.08 Å². The van der Waals surface area contributed by atoms with Gasteiger partial charge in [0.2, 0.25) is 5.78 Å². The first kappa shape index (κ1) is 19.8. The summed E-state index contributed by atoms with van der Waals surface area (Å²) < 4.78 is 12.0. The zero-order valence-electron chi connectivity index (χ0n) is 17.1. The van der Waals surface area contributed by atoms with Gasteiger partial charge in [-0.25, -0.2) is 0 Å². The van der Waals surface area contributed by atoms with E-state index in [4.69, 9.17) is 21.1 Å². The number of rotatable bonds is 4. The van der Waals surface area contributed by atoms with E-state index in [9.17, 15) is 4.79 Å². The van der Waals surface area contributed by atoms with E-state index >= 15 is 0 Å². The van der Waals surface area contributed by atoms with Crippen LogP contribution in [0.5, 0.6) is 11.5 Å². The number of carbonyl (C=O) groups excluding carboxylic acids is 1. The Morgan fingerprint density at radius 2 is 2.00 bits per heavy atom. The summed E-state index contributed by atoms with van der Waals surface area (Å²) in [6.07, 6.45) is 4.20. The van der Waals surface area contributed by atoms with Gasteiger partial charge in [-0.3, -0.25) is 14.7 Å². The summed E-state index contributed by atoms with van der Waals surface area (Å²) >= 11 is 6.28. The van der Waals surface area contributed by atoms with Gasteiger partial charge >= 0.3 is 0 Å². The first-order valence-corrected chi connectivity index (χ1v) is 10.6. The summed E-state index contributed by atoms with van der Waals surface area (Å²) in [5.41, 5.74) is 4.24. The molecule has 156 valence electrons. The number of ether oxygens (including phenoxy) is 2. The second kappa shape index (κ2) is 8.17. The van der Waals surface area contributed by atoms with Crippen LogP contribution in [0.1, 0.15) is 32.7 Å². The van der Waals surface area contributed by atoms with Crippen molar-refractivity contribution in [2.24, 2.45) is 0 Å². The molecule has 2 aliphatic rings. The van der Waals surface area contributed by atoms with Gasteiger partial charge in [0.15, 0.2) is 5.76 Å².